The number of benzene rings is 2. The zero-order chi connectivity index (χ0) is 15.1. The summed E-state index contributed by atoms with van der Waals surface area (Å²) >= 11 is 9.55. The summed E-state index contributed by atoms with van der Waals surface area (Å²) in [5, 5.41) is 3.12. The van der Waals surface area contributed by atoms with Crippen molar-refractivity contribution in [3.63, 3.8) is 0 Å². The molecule has 1 unspecified atom stereocenters. The lowest BCUT2D eigenvalue weighted by Crippen LogP contribution is -2.15. The summed E-state index contributed by atoms with van der Waals surface area (Å²) in [4.78, 5) is 11.4. The Bertz CT molecular complexity index is 730. The van der Waals surface area contributed by atoms with Crippen LogP contribution in [0.5, 0.6) is 0 Å². The molecule has 0 aromatic heterocycles. The fourth-order valence-electron chi connectivity index (χ4n) is 2.47. The Morgan fingerprint density at radius 3 is 2.86 bits per heavy atom. The number of carbonyl (C=O) groups excluding carboxylic acids is 1. The first-order valence-electron chi connectivity index (χ1n) is 6.29. The van der Waals surface area contributed by atoms with Gasteiger partial charge >= 0.3 is 0 Å². The van der Waals surface area contributed by atoms with Crippen LogP contribution in [0.3, 0.4) is 0 Å². The number of nitrogens with one attached hydrogen (secondary N) is 1. The summed E-state index contributed by atoms with van der Waals surface area (Å²) in [5.41, 5.74) is 8.64. The van der Waals surface area contributed by atoms with E-state index in [0.29, 0.717) is 26.3 Å². The van der Waals surface area contributed by atoms with E-state index in [1.807, 2.05) is 0 Å². The lowest BCUT2D eigenvalue weighted by molar-refractivity contribution is -0.115. The van der Waals surface area contributed by atoms with E-state index in [2.05, 4.69) is 21.2 Å². The Morgan fingerprint density at radius 2 is 2.14 bits per heavy atom. The molecule has 3 nitrogen and oxygen atoms in total. The van der Waals surface area contributed by atoms with Gasteiger partial charge in [-0.3, -0.25) is 4.79 Å². The van der Waals surface area contributed by atoms with Crippen LogP contribution in [-0.2, 0) is 11.2 Å². The summed E-state index contributed by atoms with van der Waals surface area (Å²) in [6.45, 7) is 0. The molecule has 6 heteroatoms. The average molecular weight is 370 g/mol. The lowest BCUT2D eigenvalue weighted by Gasteiger charge is -2.17. The van der Waals surface area contributed by atoms with E-state index in [9.17, 15) is 9.18 Å². The summed E-state index contributed by atoms with van der Waals surface area (Å²) in [7, 11) is 0. The Labute approximate surface area is 134 Å². The Kier molecular flexibility index (Phi) is 3.73. The van der Waals surface area contributed by atoms with Crippen molar-refractivity contribution in [1.29, 1.82) is 0 Å². The number of hydrogen-bond donors (Lipinski definition) is 2. The van der Waals surface area contributed by atoms with Gasteiger partial charge in [0.1, 0.15) is 5.82 Å². The topological polar surface area (TPSA) is 55.1 Å². The number of anilines is 1. The van der Waals surface area contributed by atoms with Crippen LogP contribution in [0.15, 0.2) is 34.8 Å². The standard InChI is InChI=1S/C15H11BrClFN2O/c16-9-2-1-3-11(18)14(9)15(19)8-4-7-5-13(21)20-12(7)6-10(8)17/h1-4,6,15H,5,19H2,(H,20,21). The molecule has 1 aliphatic heterocycles. The number of carbonyl (C=O) groups is 1. The van der Waals surface area contributed by atoms with Gasteiger partial charge in [0.15, 0.2) is 0 Å². The van der Waals surface area contributed by atoms with Crippen LogP contribution in [0.25, 0.3) is 0 Å². The molecule has 3 N–H and O–H groups in total. The zero-order valence-corrected chi connectivity index (χ0v) is 13.1. The predicted octanol–water partition coefficient (Wildman–Crippen LogP) is 3.78. The Morgan fingerprint density at radius 1 is 1.38 bits per heavy atom. The van der Waals surface area contributed by atoms with Crippen molar-refractivity contribution in [3.8, 4) is 0 Å². The molecule has 1 atom stereocenters. The molecule has 3 rings (SSSR count). The van der Waals surface area contributed by atoms with Gasteiger partial charge in [0.05, 0.1) is 12.5 Å². The smallest absolute Gasteiger partial charge is 0.228 e. The maximum Gasteiger partial charge on any atom is 0.228 e. The van der Waals surface area contributed by atoms with Crippen LogP contribution < -0.4 is 11.1 Å². The minimum Gasteiger partial charge on any atom is -0.325 e. The van der Waals surface area contributed by atoms with Gasteiger partial charge in [0, 0.05) is 20.7 Å². The normalized spacial score (nSPS) is 14.8. The van der Waals surface area contributed by atoms with E-state index in [0.717, 1.165) is 5.56 Å². The molecule has 0 radical (unpaired) electrons. The van der Waals surface area contributed by atoms with Crippen LogP contribution in [0.4, 0.5) is 10.1 Å². The second-order valence-electron chi connectivity index (χ2n) is 4.87. The Hall–Kier alpha value is -1.43. The molecule has 108 valence electrons. The van der Waals surface area contributed by atoms with E-state index >= 15 is 0 Å². The highest BCUT2D eigenvalue weighted by molar-refractivity contribution is 9.10. The summed E-state index contributed by atoms with van der Waals surface area (Å²) < 4.78 is 14.6. The number of amides is 1. The van der Waals surface area contributed by atoms with Gasteiger partial charge in [0.2, 0.25) is 5.91 Å². The van der Waals surface area contributed by atoms with E-state index in [-0.39, 0.29) is 12.3 Å². The number of hydrogen-bond acceptors (Lipinski definition) is 2. The van der Waals surface area contributed by atoms with Gasteiger partial charge < -0.3 is 11.1 Å². The summed E-state index contributed by atoms with van der Waals surface area (Å²) in [6.07, 6.45) is 0.282. The molecule has 0 aliphatic carbocycles. The van der Waals surface area contributed by atoms with Gasteiger partial charge in [0.25, 0.3) is 0 Å². The maximum absolute atomic E-state index is 14.0. The average Bonchev–Trinajstić information content (AvgIpc) is 2.76. The zero-order valence-electron chi connectivity index (χ0n) is 10.8. The second-order valence-corrected chi connectivity index (χ2v) is 6.13. The minimum atomic E-state index is -0.714. The monoisotopic (exact) mass is 368 g/mol. The van der Waals surface area contributed by atoms with Gasteiger partial charge in [-0.2, -0.15) is 0 Å². The number of nitrogens with two attached hydrogens (primary N) is 1. The molecule has 0 saturated heterocycles. The van der Waals surface area contributed by atoms with Crippen LogP contribution >= 0.6 is 27.5 Å². The molecule has 1 heterocycles. The van der Waals surface area contributed by atoms with Crippen molar-refractivity contribution in [2.75, 3.05) is 5.32 Å². The number of halogens is 3. The van der Waals surface area contributed by atoms with Crippen LogP contribution in [0, 0.1) is 5.82 Å². The number of fused-ring (bicyclic) bond motifs is 1. The van der Waals surface area contributed by atoms with Crippen molar-refractivity contribution in [2.24, 2.45) is 5.73 Å². The summed E-state index contributed by atoms with van der Waals surface area (Å²) in [6, 6.07) is 7.39. The van der Waals surface area contributed by atoms with Gasteiger partial charge in [-0.05, 0) is 35.4 Å². The van der Waals surface area contributed by atoms with Crippen molar-refractivity contribution >= 4 is 39.1 Å². The van der Waals surface area contributed by atoms with Crippen molar-refractivity contribution < 1.29 is 9.18 Å². The first-order chi connectivity index (χ1) is 9.97. The highest BCUT2D eigenvalue weighted by Crippen LogP contribution is 2.36. The van der Waals surface area contributed by atoms with Crippen molar-refractivity contribution in [1.82, 2.24) is 0 Å². The molecular weight excluding hydrogens is 359 g/mol. The summed E-state index contributed by atoms with van der Waals surface area (Å²) in [5.74, 6) is -0.485. The lowest BCUT2D eigenvalue weighted by atomic mass is 9.96. The Balaban J connectivity index is 2.09. The van der Waals surface area contributed by atoms with Gasteiger partial charge in [-0.25, -0.2) is 4.39 Å². The third-order valence-corrected chi connectivity index (χ3v) is 4.51. The first kappa shape index (κ1) is 14.5. The van der Waals surface area contributed by atoms with Gasteiger partial charge in [-0.15, -0.1) is 0 Å². The molecule has 1 aliphatic rings. The maximum atomic E-state index is 14.0. The van der Waals surface area contributed by atoms with Crippen molar-refractivity contribution in [2.45, 2.75) is 12.5 Å². The highest BCUT2D eigenvalue weighted by Gasteiger charge is 2.24. The van der Waals surface area contributed by atoms with E-state index in [1.165, 1.54) is 6.07 Å². The van der Waals surface area contributed by atoms with Crippen molar-refractivity contribution in [3.05, 3.63) is 62.3 Å². The SMILES string of the molecule is NC(c1cc2c(cc1Cl)NC(=O)C2)c1c(F)cccc1Br. The second kappa shape index (κ2) is 5.40. The molecule has 2 aromatic rings. The molecular formula is C15H11BrClFN2O. The highest BCUT2D eigenvalue weighted by atomic mass is 79.9. The minimum absolute atomic E-state index is 0.0844. The molecule has 0 spiro atoms. The van der Waals surface area contributed by atoms with Gasteiger partial charge in [-0.1, -0.05) is 33.6 Å². The van der Waals surface area contributed by atoms with Crippen LogP contribution in [0.1, 0.15) is 22.7 Å². The van der Waals surface area contributed by atoms with E-state index < -0.39 is 11.9 Å². The predicted molar refractivity (Wildman–Crippen MR) is 83.9 cm³/mol. The third kappa shape index (κ3) is 2.57. The molecule has 0 fully saturated rings. The first-order valence-corrected chi connectivity index (χ1v) is 7.46. The molecule has 2 aromatic carbocycles. The molecule has 1 amide bonds. The molecule has 0 saturated carbocycles. The molecule has 21 heavy (non-hydrogen) atoms. The van der Waals surface area contributed by atoms with Crippen LogP contribution in [-0.4, -0.2) is 5.91 Å². The van der Waals surface area contributed by atoms with E-state index in [4.69, 9.17) is 17.3 Å². The third-order valence-electron chi connectivity index (χ3n) is 3.49. The largest absolute Gasteiger partial charge is 0.325 e. The fraction of sp³-hybridized carbons (Fsp3) is 0.133. The molecule has 0 bridgehead atoms. The number of rotatable bonds is 2. The quantitative estimate of drug-likeness (QED) is 0.846. The van der Waals surface area contributed by atoms with Crippen LogP contribution in [0.2, 0.25) is 5.02 Å². The fourth-order valence-corrected chi connectivity index (χ4v) is 3.34. The van der Waals surface area contributed by atoms with E-state index in [1.54, 1.807) is 24.3 Å².